The summed E-state index contributed by atoms with van der Waals surface area (Å²) < 4.78 is 0. The maximum atomic E-state index is 12.7. The maximum Gasteiger partial charge on any atom is 0.255 e. The molecule has 144 valence electrons. The summed E-state index contributed by atoms with van der Waals surface area (Å²) >= 11 is 0. The highest BCUT2D eigenvalue weighted by Crippen LogP contribution is 2.35. The zero-order chi connectivity index (χ0) is 19.1. The highest BCUT2D eigenvalue weighted by molar-refractivity contribution is 6.05. The Hall–Kier alpha value is -2.25. The predicted molar refractivity (Wildman–Crippen MR) is 99.5 cm³/mol. The SMILES string of the molecule is CN(Cc1ccc2c(c1)CN(C1CCC(=O)NC1=O)C2=O)C(CN)C1CC1. The lowest BCUT2D eigenvalue weighted by Gasteiger charge is -2.29. The van der Waals surface area contributed by atoms with Gasteiger partial charge in [-0.2, -0.15) is 0 Å². The van der Waals surface area contributed by atoms with Crippen molar-refractivity contribution in [3.8, 4) is 0 Å². The number of carbonyl (C=O) groups excluding carboxylic acids is 3. The number of nitrogens with two attached hydrogens (primary N) is 1. The molecule has 3 N–H and O–H groups in total. The Morgan fingerprint density at radius 2 is 2.04 bits per heavy atom. The van der Waals surface area contributed by atoms with Crippen molar-refractivity contribution in [1.29, 1.82) is 0 Å². The molecule has 4 rings (SSSR count). The third-order valence-electron chi connectivity index (χ3n) is 5.99. The summed E-state index contributed by atoms with van der Waals surface area (Å²) in [6.07, 6.45) is 3.17. The maximum absolute atomic E-state index is 12.7. The van der Waals surface area contributed by atoms with Crippen LogP contribution in [-0.4, -0.2) is 53.2 Å². The van der Waals surface area contributed by atoms with Gasteiger partial charge in [0, 0.05) is 37.7 Å². The van der Waals surface area contributed by atoms with E-state index >= 15 is 0 Å². The molecule has 0 bridgehead atoms. The van der Waals surface area contributed by atoms with Gasteiger partial charge in [0.2, 0.25) is 11.8 Å². The molecule has 7 heteroatoms. The third-order valence-corrected chi connectivity index (χ3v) is 5.99. The molecule has 0 radical (unpaired) electrons. The number of hydrogen-bond donors (Lipinski definition) is 2. The van der Waals surface area contributed by atoms with Gasteiger partial charge in [-0.15, -0.1) is 0 Å². The van der Waals surface area contributed by atoms with Crippen molar-refractivity contribution in [1.82, 2.24) is 15.1 Å². The van der Waals surface area contributed by atoms with Gasteiger partial charge in [-0.05, 0) is 49.4 Å². The number of likely N-dealkylation sites (N-methyl/N-ethyl adjacent to an activating group) is 1. The zero-order valence-electron chi connectivity index (χ0n) is 15.6. The molecule has 2 atom stereocenters. The lowest BCUT2D eigenvalue weighted by atomic mass is 10.0. The Labute approximate surface area is 158 Å². The minimum Gasteiger partial charge on any atom is -0.329 e. The number of nitrogens with zero attached hydrogens (tertiary/aromatic N) is 2. The second kappa shape index (κ2) is 7.05. The molecule has 2 heterocycles. The van der Waals surface area contributed by atoms with Crippen LogP contribution < -0.4 is 11.1 Å². The fourth-order valence-electron chi connectivity index (χ4n) is 4.34. The molecule has 2 aliphatic heterocycles. The van der Waals surface area contributed by atoms with E-state index in [1.807, 2.05) is 12.1 Å². The number of nitrogens with one attached hydrogen (secondary N) is 1. The average Bonchev–Trinajstić information content (AvgIpc) is 3.40. The van der Waals surface area contributed by atoms with Gasteiger partial charge in [0.05, 0.1) is 0 Å². The van der Waals surface area contributed by atoms with Gasteiger partial charge in [0.15, 0.2) is 0 Å². The van der Waals surface area contributed by atoms with Gasteiger partial charge in [0.25, 0.3) is 5.91 Å². The lowest BCUT2D eigenvalue weighted by Crippen LogP contribution is -2.52. The first-order valence-electron chi connectivity index (χ1n) is 9.64. The normalized spacial score (nSPS) is 23.6. The number of amides is 3. The second-order valence-electron chi connectivity index (χ2n) is 7.95. The first kappa shape index (κ1) is 18.1. The molecule has 27 heavy (non-hydrogen) atoms. The van der Waals surface area contributed by atoms with E-state index < -0.39 is 6.04 Å². The standard InChI is InChI=1S/C20H26N4O3/c1-23(17(9-21)13-3-4-13)10-12-2-5-15-14(8-12)11-24(20(15)27)16-6-7-18(25)22-19(16)26/h2,5,8,13,16-17H,3-4,6-7,9-11,21H2,1H3,(H,22,25,26). The fraction of sp³-hybridized carbons (Fsp3) is 0.550. The highest BCUT2D eigenvalue weighted by atomic mass is 16.2. The molecular weight excluding hydrogens is 344 g/mol. The molecule has 0 spiro atoms. The Morgan fingerprint density at radius 1 is 1.26 bits per heavy atom. The smallest absolute Gasteiger partial charge is 0.255 e. The van der Waals surface area contributed by atoms with E-state index in [0.717, 1.165) is 17.7 Å². The van der Waals surface area contributed by atoms with Crippen molar-refractivity contribution >= 4 is 17.7 Å². The molecule has 0 aromatic heterocycles. The minimum absolute atomic E-state index is 0.128. The Bertz CT molecular complexity index is 789. The fourth-order valence-corrected chi connectivity index (χ4v) is 4.34. The number of piperidine rings is 1. The first-order chi connectivity index (χ1) is 13.0. The number of benzene rings is 1. The third kappa shape index (κ3) is 3.49. The molecule has 1 aliphatic carbocycles. The number of hydrogen-bond acceptors (Lipinski definition) is 5. The topological polar surface area (TPSA) is 95.7 Å². The predicted octanol–water partition coefficient (Wildman–Crippen LogP) is 0.617. The van der Waals surface area contributed by atoms with Gasteiger partial charge in [0.1, 0.15) is 6.04 Å². The van der Waals surface area contributed by atoms with Gasteiger partial charge in [-0.3, -0.25) is 24.6 Å². The molecule has 1 saturated heterocycles. The Kier molecular flexibility index (Phi) is 4.74. The average molecular weight is 370 g/mol. The van der Waals surface area contributed by atoms with Crippen molar-refractivity contribution in [2.75, 3.05) is 13.6 Å². The van der Waals surface area contributed by atoms with Crippen LogP contribution in [0.1, 0.15) is 47.2 Å². The number of imide groups is 1. The van der Waals surface area contributed by atoms with Crippen molar-refractivity contribution in [3.05, 3.63) is 34.9 Å². The summed E-state index contributed by atoms with van der Waals surface area (Å²) in [4.78, 5) is 40.1. The molecule has 2 unspecified atom stereocenters. The van der Waals surface area contributed by atoms with Gasteiger partial charge < -0.3 is 10.6 Å². The van der Waals surface area contributed by atoms with Crippen LogP contribution in [0.2, 0.25) is 0 Å². The quantitative estimate of drug-likeness (QED) is 0.716. The van der Waals surface area contributed by atoms with Crippen LogP contribution in [0.15, 0.2) is 18.2 Å². The van der Waals surface area contributed by atoms with Gasteiger partial charge in [-0.1, -0.05) is 12.1 Å². The van der Waals surface area contributed by atoms with Crippen LogP contribution in [-0.2, 0) is 22.7 Å². The largest absolute Gasteiger partial charge is 0.329 e. The number of fused-ring (bicyclic) bond motifs is 1. The Balaban J connectivity index is 1.47. The van der Waals surface area contributed by atoms with Crippen LogP contribution >= 0.6 is 0 Å². The van der Waals surface area contributed by atoms with Crippen LogP contribution in [0.4, 0.5) is 0 Å². The lowest BCUT2D eigenvalue weighted by molar-refractivity contribution is -0.136. The summed E-state index contributed by atoms with van der Waals surface area (Å²) in [5, 5.41) is 2.34. The van der Waals surface area contributed by atoms with E-state index in [-0.39, 0.29) is 24.1 Å². The summed E-state index contributed by atoms with van der Waals surface area (Å²) in [5.74, 6) is -0.0605. The molecule has 3 amide bonds. The van der Waals surface area contributed by atoms with Crippen LogP contribution in [0, 0.1) is 5.92 Å². The zero-order valence-corrected chi connectivity index (χ0v) is 15.6. The molecule has 1 saturated carbocycles. The molecule has 1 aromatic carbocycles. The van der Waals surface area contributed by atoms with E-state index in [1.165, 1.54) is 12.8 Å². The monoisotopic (exact) mass is 370 g/mol. The van der Waals surface area contributed by atoms with Crippen LogP contribution in [0.25, 0.3) is 0 Å². The van der Waals surface area contributed by atoms with E-state index in [0.29, 0.717) is 37.0 Å². The van der Waals surface area contributed by atoms with Crippen molar-refractivity contribution in [2.45, 2.75) is 50.9 Å². The number of carbonyl (C=O) groups is 3. The second-order valence-corrected chi connectivity index (χ2v) is 7.95. The summed E-state index contributed by atoms with van der Waals surface area (Å²) in [7, 11) is 2.10. The number of rotatable bonds is 6. The first-order valence-corrected chi connectivity index (χ1v) is 9.64. The van der Waals surface area contributed by atoms with Crippen molar-refractivity contribution in [3.63, 3.8) is 0 Å². The van der Waals surface area contributed by atoms with Gasteiger partial charge in [-0.25, -0.2) is 0 Å². The van der Waals surface area contributed by atoms with Crippen LogP contribution in [0.3, 0.4) is 0 Å². The van der Waals surface area contributed by atoms with E-state index in [1.54, 1.807) is 4.90 Å². The van der Waals surface area contributed by atoms with E-state index in [9.17, 15) is 14.4 Å². The summed E-state index contributed by atoms with van der Waals surface area (Å²) in [6, 6.07) is 5.75. The molecule has 3 aliphatic rings. The molecular formula is C20H26N4O3. The van der Waals surface area contributed by atoms with E-state index in [4.69, 9.17) is 5.73 Å². The van der Waals surface area contributed by atoms with Crippen molar-refractivity contribution in [2.24, 2.45) is 11.7 Å². The van der Waals surface area contributed by atoms with Gasteiger partial charge >= 0.3 is 0 Å². The molecule has 1 aromatic rings. The van der Waals surface area contributed by atoms with E-state index in [2.05, 4.69) is 23.3 Å². The highest BCUT2D eigenvalue weighted by Gasteiger charge is 2.39. The summed E-state index contributed by atoms with van der Waals surface area (Å²) in [5.41, 5.74) is 8.70. The van der Waals surface area contributed by atoms with Crippen molar-refractivity contribution < 1.29 is 14.4 Å². The van der Waals surface area contributed by atoms with Crippen LogP contribution in [0.5, 0.6) is 0 Å². The molecule has 2 fully saturated rings. The Morgan fingerprint density at radius 3 is 2.70 bits per heavy atom. The minimum atomic E-state index is -0.565. The summed E-state index contributed by atoms with van der Waals surface area (Å²) in [6.45, 7) is 1.87. The molecule has 7 nitrogen and oxygen atoms in total.